The first kappa shape index (κ1) is 19.4. The lowest BCUT2D eigenvalue weighted by Gasteiger charge is -2.40. The van der Waals surface area contributed by atoms with Crippen molar-refractivity contribution in [2.24, 2.45) is 0 Å². The molecule has 0 saturated carbocycles. The third-order valence-corrected chi connectivity index (χ3v) is 7.15. The second kappa shape index (κ2) is 7.16. The number of aromatic nitrogens is 2. The van der Waals surface area contributed by atoms with Crippen LogP contribution < -0.4 is 16.0 Å². The average Bonchev–Trinajstić information content (AvgIpc) is 2.69. The average molecular weight is 414 g/mol. The quantitative estimate of drug-likeness (QED) is 0.631. The minimum atomic E-state index is -3.73. The molecule has 1 atom stereocenters. The topological polar surface area (TPSA) is 106 Å². The van der Waals surface area contributed by atoms with Gasteiger partial charge in [0.1, 0.15) is 0 Å². The number of H-pyrrole nitrogens is 2. The maximum atomic E-state index is 13.2. The molecule has 1 aliphatic rings. The molecule has 1 aliphatic heterocycles. The number of hydrogen-bond acceptors (Lipinski definition) is 5. The summed E-state index contributed by atoms with van der Waals surface area (Å²) < 4.78 is 27.8. The molecule has 8 nitrogen and oxygen atoms in total. The molecule has 1 saturated heterocycles. The molecule has 4 rings (SSSR count). The van der Waals surface area contributed by atoms with E-state index < -0.39 is 21.1 Å². The second-order valence-electron chi connectivity index (χ2n) is 7.36. The molecule has 0 bridgehead atoms. The number of aromatic amines is 2. The van der Waals surface area contributed by atoms with Crippen LogP contribution in [0.1, 0.15) is 12.5 Å². The van der Waals surface area contributed by atoms with Crippen LogP contribution in [-0.2, 0) is 10.0 Å². The molecule has 3 aromatic rings. The van der Waals surface area contributed by atoms with Crippen LogP contribution in [0.25, 0.3) is 11.0 Å². The minimum absolute atomic E-state index is 0.0119. The highest BCUT2D eigenvalue weighted by molar-refractivity contribution is 7.89. The number of piperazine rings is 1. The Morgan fingerprint density at radius 1 is 0.931 bits per heavy atom. The van der Waals surface area contributed by atoms with Crippen molar-refractivity contribution in [2.45, 2.75) is 24.8 Å². The Bertz CT molecular complexity index is 1280. The lowest BCUT2D eigenvalue weighted by molar-refractivity contribution is 0.342. The second-order valence-corrected chi connectivity index (χ2v) is 9.29. The Kier molecular flexibility index (Phi) is 4.79. The number of benzene rings is 2. The van der Waals surface area contributed by atoms with Gasteiger partial charge in [-0.05, 0) is 44.2 Å². The number of anilines is 1. The molecule has 0 radical (unpaired) electrons. The fourth-order valence-electron chi connectivity index (χ4n) is 3.67. The maximum Gasteiger partial charge on any atom is 0.314 e. The predicted octanol–water partition coefficient (Wildman–Crippen LogP) is 1.42. The van der Waals surface area contributed by atoms with Gasteiger partial charge >= 0.3 is 11.1 Å². The van der Waals surface area contributed by atoms with Crippen molar-refractivity contribution in [3.05, 3.63) is 68.7 Å². The largest absolute Gasteiger partial charge is 0.366 e. The van der Waals surface area contributed by atoms with Gasteiger partial charge in [0.05, 0.1) is 15.9 Å². The summed E-state index contributed by atoms with van der Waals surface area (Å²) in [6, 6.07) is 12.5. The lowest BCUT2D eigenvalue weighted by Crippen LogP contribution is -2.53. The SMILES string of the molecule is Cc1ccc(N2CCN(S(=O)(=O)c3ccc4[nH]c(=O)c(=O)[nH]c4c3)C[C@H]2C)cc1. The van der Waals surface area contributed by atoms with E-state index >= 15 is 0 Å². The molecule has 2 heterocycles. The molecule has 2 N–H and O–H groups in total. The molecule has 2 aromatic carbocycles. The smallest absolute Gasteiger partial charge is 0.314 e. The van der Waals surface area contributed by atoms with E-state index in [1.54, 1.807) is 0 Å². The van der Waals surface area contributed by atoms with Crippen molar-refractivity contribution < 1.29 is 8.42 Å². The Labute approximate surface area is 167 Å². The summed E-state index contributed by atoms with van der Waals surface area (Å²) in [6.45, 7) is 5.34. The first-order valence-corrected chi connectivity index (χ1v) is 10.8. The van der Waals surface area contributed by atoms with Crippen LogP contribution in [0.3, 0.4) is 0 Å². The van der Waals surface area contributed by atoms with E-state index in [0.717, 1.165) is 5.69 Å². The normalized spacial score (nSPS) is 18.3. The Morgan fingerprint density at radius 3 is 2.24 bits per heavy atom. The standard InChI is InChI=1S/C20H22N4O4S/c1-13-3-5-15(6-4-13)24-10-9-23(12-14(24)2)29(27,28)16-7-8-17-18(11-16)22-20(26)19(25)21-17/h3-8,11,14H,9-10,12H2,1-2H3,(H,21,25)(H,22,26)/t14-/m1/s1. The molecule has 0 spiro atoms. The number of aryl methyl sites for hydroxylation is 1. The first-order chi connectivity index (χ1) is 13.8. The van der Waals surface area contributed by atoms with Crippen LogP contribution in [0.2, 0.25) is 0 Å². The predicted molar refractivity (Wildman–Crippen MR) is 112 cm³/mol. The maximum absolute atomic E-state index is 13.2. The van der Waals surface area contributed by atoms with Gasteiger partial charge in [-0.3, -0.25) is 9.59 Å². The lowest BCUT2D eigenvalue weighted by atomic mass is 10.1. The van der Waals surface area contributed by atoms with Gasteiger partial charge in [0.15, 0.2) is 0 Å². The van der Waals surface area contributed by atoms with Gasteiger partial charge in [0, 0.05) is 31.4 Å². The van der Waals surface area contributed by atoms with Crippen molar-refractivity contribution >= 4 is 26.7 Å². The van der Waals surface area contributed by atoms with E-state index in [2.05, 4.69) is 27.0 Å². The van der Waals surface area contributed by atoms with Crippen molar-refractivity contribution in [2.75, 3.05) is 24.5 Å². The fourth-order valence-corrected chi connectivity index (χ4v) is 5.20. The number of sulfonamides is 1. The minimum Gasteiger partial charge on any atom is -0.366 e. The van der Waals surface area contributed by atoms with E-state index in [1.807, 2.05) is 26.0 Å². The van der Waals surface area contributed by atoms with Crippen LogP contribution in [-0.4, -0.2) is 48.4 Å². The van der Waals surface area contributed by atoms with Crippen LogP contribution in [0, 0.1) is 6.92 Å². The summed E-state index contributed by atoms with van der Waals surface area (Å²) in [4.78, 5) is 30.2. The Balaban J connectivity index is 1.60. The van der Waals surface area contributed by atoms with Crippen LogP contribution in [0.4, 0.5) is 5.69 Å². The molecule has 0 unspecified atom stereocenters. The number of hydrogen-bond donors (Lipinski definition) is 2. The van der Waals surface area contributed by atoms with Crippen molar-refractivity contribution in [1.82, 2.24) is 14.3 Å². The summed E-state index contributed by atoms with van der Waals surface area (Å²) in [5.74, 6) is 0. The molecule has 1 fully saturated rings. The van der Waals surface area contributed by atoms with Gasteiger partial charge in [-0.15, -0.1) is 0 Å². The van der Waals surface area contributed by atoms with Gasteiger partial charge in [-0.2, -0.15) is 4.31 Å². The highest BCUT2D eigenvalue weighted by Gasteiger charge is 2.32. The molecule has 9 heteroatoms. The zero-order valence-corrected chi connectivity index (χ0v) is 17.0. The Morgan fingerprint density at radius 2 is 1.59 bits per heavy atom. The van der Waals surface area contributed by atoms with Crippen LogP contribution >= 0.6 is 0 Å². The summed E-state index contributed by atoms with van der Waals surface area (Å²) in [5.41, 5.74) is 1.33. The van der Waals surface area contributed by atoms with E-state index in [0.29, 0.717) is 25.2 Å². The molecule has 1 aromatic heterocycles. The highest BCUT2D eigenvalue weighted by atomic mass is 32.2. The molecule has 29 heavy (non-hydrogen) atoms. The summed E-state index contributed by atoms with van der Waals surface area (Å²) in [7, 11) is -3.73. The van der Waals surface area contributed by atoms with E-state index in [4.69, 9.17) is 0 Å². The van der Waals surface area contributed by atoms with E-state index in [1.165, 1.54) is 28.1 Å². The van der Waals surface area contributed by atoms with Crippen molar-refractivity contribution in [3.8, 4) is 0 Å². The number of rotatable bonds is 3. The van der Waals surface area contributed by atoms with Gasteiger partial charge in [0.25, 0.3) is 0 Å². The number of fused-ring (bicyclic) bond motifs is 1. The molecule has 152 valence electrons. The van der Waals surface area contributed by atoms with E-state index in [9.17, 15) is 18.0 Å². The Hall–Kier alpha value is -2.91. The van der Waals surface area contributed by atoms with Gasteiger partial charge in [0.2, 0.25) is 10.0 Å². The van der Waals surface area contributed by atoms with Crippen molar-refractivity contribution in [3.63, 3.8) is 0 Å². The summed E-state index contributed by atoms with van der Waals surface area (Å²) >= 11 is 0. The third kappa shape index (κ3) is 3.58. The van der Waals surface area contributed by atoms with Gasteiger partial charge < -0.3 is 14.9 Å². The molecular formula is C20H22N4O4S. The first-order valence-electron chi connectivity index (χ1n) is 9.35. The number of nitrogens with one attached hydrogen (secondary N) is 2. The van der Waals surface area contributed by atoms with E-state index in [-0.39, 0.29) is 16.5 Å². The highest BCUT2D eigenvalue weighted by Crippen LogP contribution is 2.25. The van der Waals surface area contributed by atoms with Crippen LogP contribution in [0.5, 0.6) is 0 Å². The zero-order valence-electron chi connectivity index (χ0n) is 16.2. The zero-order chi connectivity index (χ0) is 20.8. The van der Waals surface area contributed by atoms with Crippen molar-refractivity contribution in [1.29, 1.82) is 0 Å². The van der Waals surface area contributed by atoms with Gasteiger partial charge in [-0.25, -0.2) is 8.42 Å². The third-order valence-electron chi connectivity index (χ3n) is 5.29. The summed E-state index contributed by atoms with van der Waals surface area (Å²) in [6.07, 6.45) is 0. The number of nitrogens with zero attached hydrogens (tertiary/aromatic N) is 2. The van der Waals surface area contributed by atoms with Crippen LogP contribution in [0.15, 0.2) is 56.9 Å². The molecular weight excluding hydrogens is 392 g/mol. The summed E-state index contributed by atoms with van der Waals surface area (Å²) in [5, 5.41) is 0. The monoisotopic (exact) mass is 414 g/mol. The fraction of sp³-hybridized carbons (Fsp3) is 0.300. The molecule has 0 aliphatic carbocycles. The van der Waals surface area contributed by atoms with Gasteiger partial charge in [-0.1, -0.05) is 17.7 Å². The molecule has 0 amide bonds.